The maximum atomic E-state index is 6.20. The Hall–Kier alpha value is -3.56. The van der Waals surface area contributed by atoms with Gasteiger partial charge in [-0.25, -0.2) is 4.98 Å². The molecule has 4 aromatic rings. The number of benzene rings is 2. The molecule has 1 aliphatic heterocycles. The van der Waals surface area contributed by atoms with E-state index in [9.17, 15) is 0 Å². The summed E-state index contributed by atoms with van der Waals surface area (Å²) in [6.45, 7) is 7.49. The topological polar surface area (TPSA) is 77.3 Å². The Bertz CT molecular complexity index is 1280. The molecule has 1 N–H and O–H groups in total. The van der Waals surface area contributed by atoms with E-state index < -0.39 is 0 Å². The van der Waals surface area contributed by atoms with Crippen molar-refractivity contribution in [2.45, 2.75) is 18.7 Å². The largest absolute Gasteiger partial charge is 0.439 e. The molecule has 5 rings (SSSR count). The Morgan fingerprint density at radius 3 is 2.43 bits per heavy atom. The van der Waals surface area contributed by atoms with Crippen LogP contribution in [0.1, 0.15) is 11.1 Å². The number of hydrogen-bond acceptors (Lipinski definition) is 8. The van der Waals surface area contributed by atoms with Gasteiger partial charge in [-0.3, -0.25) is 9.40 Å². The van der Waals surface area contributed by atoms with E-state index in [1.165, 1.54) is 11.9 Å². The van der Waals surface area contributed by atoms with Gasteiger partial charge < -0.3 is 14.4 Å². The summed E-state index contributed by atoms with van der Waals surface area (Å²) < 4.78 is 16.7. The molecule has 2 aromatic heterocycles. The second-order valence-electron chi connectivity index (χ2n) is 8.43. The molecule has 180 valence electrons. The molecule has 8 nitrogen and oxygen atoms in total. The maximum Gasteiger partial charge on any atom is 0.237 e. The highest BCUT2D eigenvalue weighted by Gasteiger charge is 2.14. The van der Waals surface area contributed by atoms with Crippen LogP contribution in [0, 0.1) is 13.8 Å². The lowest BCUT2D eigenvalue weighted by Crippen LogP contribution is -2.36. The highest BCUT2D eigenvalue weighted by molar-refractivity contribution is 8.00. The van der Waals surface area contributed by atoms with Gasteiger partial charge >= 0.3 is 0 Å². The van der Waals surface area contributed by atoms with Gasteiger partial charge in [0, 0.05) is 43.7 Å². The molecule has 35 heavy (non-hydrogen) atoms. The molecule has 0 spiro atoms. The molecule has 0 aliphatic carbocycles. The van der Waals surface area contributed by atoms with Crippen LogP contribution in [-0.2, 0) is 11.8 Å². The zero-order valence-corrected chi connectivity index (χ0v) is 20.9. The molecule has 9 heteroatoms. The fraction of sp³-hybridized carbons (Fsp3) is 0.269. The monoisotopic (exact) mass is 488 g/mol. The minimum atomic E-state index is 0.471. The van der Waals surface area contributed by atoms with E-state index >= 15 is 0 Å². The van der Waals surface area contributed by atoms with Gasteiger partial charge in [-0.1, -0.05) is 18.2 Å². The van der Waals surface area contributed by atoms with Crippen molar-refractivity contribution < 1.29 is 9.47 Å². The second kappa shape index (κ2) is 10.4. The molecule has 0 saturated carbocycles. The number of nitrogens with zero attached hydrogens (tertiary/aromatic N) is 5. The first-order chi connectivity index (χ1) is 17.0. The van der Waals surface area contributed by atoms with Crippen LogP contribution in [0.3, 0.4) is 0 Å². The van der Waals surface area contributed by atoms with Gasteiger partial charge in [0.1, 0.15) is 5.75 Å². The van der Waals surface area contributed by atoms with E-state index in [1.54, 1.807) is 10.9 Å². The Morgan fingerprint density at radius 2 is 1.74 bits per heavy atom. The van der Waals surface area contributed by atoms with E-state index in [4.69, 9.17) is 14.5 Å². The SMILES string of the molecule is Cc1cccc(C)c1-c1cc(Oc2ccc(N3CCOCC3)cc2)nc(NSc2cnn(C)c2)n1. The highest BCUT2D eigenvalue weighted by Crippen LogP contribution is 2.32. The Morgan fingerprint density at radius 1 is 1.00 bits per heavy atom. The predicted octanol–water partition coefficient (Wildman–Crippen LogP) is 5.24. The summed E-state index contributed by atoms with van der Waals surface area (Å²) in [5.74, 6) is 1.67. The van der Waals surface area contributed by atoms with E-state index in [2.05, 4.69) is 63.9 Å². The van der Waals surface area contributed by atoms with Crippen LogP contribution in [0.25, 0.3) is 11.3 Å². The summed E-state index contributed by atoms with van der Waals surface area (Å²) in [6, 6.07) is 16.2. The zero-order valence-electron chi connectivity index (χ0n) is 20.1. The quantitative estimate of drug-likeness (QED) is 0.354. The summed E-state index contributed by atoms with van der Waals surface area (Å²) in [7, 11) is 1.89. The van der Waals surface area contributed by atoms with Gasteiger partial charge in [0.2, 0.25) is 11.8 Å². The fourth-order valence-corrected chi connectivity index (χ4v) is 4.70. The molecule has 0 unspecified atom stereocenters. The molecular formula is C26H28N6O2S. The van der Waals surface area contributed by atoms with Gasteiger partial charge in [0.25, 0.3) is 0 Å². The van der Waals surface area contributed by atoms with Crippen molar-refractivity contribution in [3.8, 4) is 22.9 Å². The van der Waals surface area contributed by atoms with Crippen LogP contribution in [0.5, 0.6) is 11.6 Å². The average Bonchev–Trinajstić information content (AvgIpc) is 3.29. The van der Waals surface area contributed by atoms with E-state index in [-0.39, 0.29) is 0 Å². The summed E-state index contributed by atoms with van der Waals surface area (Å²) in [6.07, 6.45) is 3.72. The minimum Gasteiger partial charge on any atom is -0.439 e. The average molecular weight is 489 g/mol. The summed E-state index contributed by atoms with van der Waals surface area (Å²) in [5, 5.41) is 4.21. The number of ether oxygens (including phenoxy) is 2. The molecule has 3 heterocycles. The van der Waals surface area contributed by atoms with Crippen molar-refractivity contribution in [1.29, 1.82) is 0 Å². The van der Waals surface area contributed by atoms with Crippen LogP contribution in [0.4, 0.5) is 11.6 Å². The molecule has 1 aliphatic rings. The lowest BCUT2D eigenvalue weighted by Gasteiger charge is -2.28. The van der Waals surface area contributed by atoms with Crippen molar-refractivity contribution in [2.24, 2.45) is 7.05 Å². The summed E-state index contributed by atoms with van der Waals surface area (Å²) >= 11 is 1.41. The Kier molecular flexibility index (Phi) is 6.87. The number of aromatic nitrogens is 4. The fourth-order valence-electron chi connectivity index (χ4n) is 4.09. The second-order valence-corrected chi connectivity index (χ2v) is 9.31. The molecule has 0 radical (unpaired) electrons. The molecule has 0 amide bonds. The minimum absolute atomic E-state index is 0.471. The third-order valence-corrected chi connectivity index (χ3v) is 6.55. The third kappa shape index (κ3) is 5.58. The summed E-state index contributed by atoms with van der Waals surface area (Å²) in [4.78, 5) is 12.7. The van der Waals surface area contributed by atoms with Crippen LogP contribution in [0.15, 0.2) is 65.8 Å². The Balaban J connectivity index is 1.42. The predicted molar refractivity (Wildman–Crippen MR) is 139 cm³/mol. The molecule has 2 aromatic carbocycles. The van der Waals surface area contributed by atoms with Gasteiger partial charge in [-0.15, -0.1) is 0 Å². The number of anilines is 2. The summed E-state index contributed by atoms with van der Waals surface area (Å²) in [5.41, 5.74) is 5.35. The van der Waals surface area contributed by atoms with Crippen LogP contribution in [-0.4, -0.2) is 46.1 Å². The van der Waals surface area contributed by atoms with Gasteiger partial charge in [-0.2, -0.15) is 10.1 Å². The number of rotatable bonds is 7. The van der Waals surface area contributed by atoms with Crippen LogP contribution >= 0.6 is 11.9 Å². The molecule has 0 bridgehead atoms. The number of hydrogen-bond donors (Lipinski definition) is 1. The molecule has 1 fully saturated rings. The Labute approximate surface area is 209 Å². The first-order valence-corrected chi connectivity index (χ1v) is 12.3. The highest BCUT2D eigenvalue weighted by atomic mass is 32.2. The molecular weight excluding hydrogens is 460 g/mol. The molecule has 1 saturated heterocycles. The lowest BCUT2D eigenvalue weighted by atomic mass is 10.00. The van der Waals surface area contributed by atoms with Gasteiger partial charge in [0.05, 0.1) is 30.0 Å². The van der Waals surface area contributed by atoms with Crippen molar-refractivity contribution >= 4 is 23.6 Å². The number of nitrogens with one attached hydrogen (secondary N) is 1. The normalized spacial score (nSPS) is 13.6. The van der Waals surface area contributed by atoms with Crippen LogP contribution < -0.4 is 14.4 Å². The van der Waals surface area contributed by atoms with Gasteiger partial charge in [-0.05, 0) is 61.2 Å². The lowest BCUT2D eigenvalue weighted by molar-refractivity contribution is 0.122. The van der Waals surface area contributed by atoms with Crippen molar-refractivity contribution in [1.82, 2.24) is 19.7 Å². The van der Waals surface area contributed by atoms with Crippen LogP contribution in [0.2, 0.25) is 0 Å². The zero-order chi connectivity index (χ0) is 24.2. The smallest absolute Gasteiger partial charge is 0.237 e. The van der Waals surface area contributed by atoms with Crippen molar-refractivity contribution in [3.63, 3.8) is 0 Å². The van der Waals surface area contributed by atoms with Gasteiger partial charge in [0.15, 0.2) is 0 Å². The number of aryl methyl sites for hydroxylation is 3. The molecule has 0 atom stereocenters. The first-order valence-electron chi connectivity index (χ1n) is 11.5. The van der Waals surface area contributed by atoms with E-state index in [0.29, 0.717) is 11.8 Å². The number of morpholine rings is 1. The maximum absolute atomic E-state index is 6.20. The van der Waals surface area contributed by atoms with E-state index in [1.807, 2.05) is 31.4 Å². The standard InChI is InChI=1S/C26H28N6O2S/c1-18-5-4-6-19(2)25(18)23-15-24(29-26(28-23)30-35-22-16-27-31(3)17-22)34-21-9-7-20(8-10-21)32-11-13-33-14-12-32/h4-10,15-17H,11-14H2,1-3H3,(H,28,29,30). The van der Waals surface area contributed by atoms with E-state index in [0.717, 1.165) is 65.0 Å². The van der Waals surface area contributed by atoms with Crippen molar-refractivity contribution in [3.05, 3.63) is 72.1 Å². The van der Waals surface area contributed by atoms with Crippen molar-refractivity contribution in [2.75, 3.05) is 35.9 Å². The third-order valence-electron chi connectivity index (χ3n) is 5.82. The first kappa shape index (κ1) is 23.2.